The van der Waals surface area contributed by atoms with Crippen molar-refractivity contribution < 1.29 is 23.5 Å². The molecule has 0 radical (unpaired) electrons. The third-order valence-electron chi connectivity index (χ3n) is 5.50. The van der Waals surface area contributed by atoms with Crippen LogP contribution in [0.15, 0.2) is 48.8 Å². The van der Waals surface area contributed by atoms with Crippen molar-refractivity contribution in [2.24, 2.45) is 5.92 Å². The van der Waals surface area contributed by atoms with Gasteiger partial charge in [-0.25, -0.2) is 4.39 Å². The van der Waals surface area contributed by atoms with Gasteiger partial charge in [0.15, 0.2) is 5.78 Å². The van der Waals surface area contributed by atoms with Crippen molar-refractivity contribution in [3.8, 4) is 11.5 Å². The maximum absolute atomic E-state index is 14.4. The van der Waals surface area contributed by atoms with Gasteiger partial charge in [0.2, 0.25) is 0 Å². The molecule has 6 nitrogen and oxygen atoms in total. The number of hydrogen-bond acceptors (Lipinski definition) is 5. The van der Waals surface area contributed by atoms with Gasteiger partial charge in [-0.2, -0.15) is 0 Å². The van der Waals surface area contributed by atoms with E-state index in [2.05, 4.69) is 4.98 Å². The fraction of sp³-hybridized carbons (Fsp3) is 0.261. The van der Waals surface area contributed by atoms with Crippen LogP contribution in [-0.4, -0.2) is 47.9 Å². The Balaban J connectivity index is 1.20. The number of carbonyl (C=O) groups is 2. The molecular formula is C23H19FN2O4. The SMILES string of the molecule is O=C1COc2cc(F)c(C(=O)N3CC(COc4ccc5ccncc5c4)C3)cc2C1. The average molecular weight is 406 g/mol. The van der Waals surface area contributed by atoms with Crippen LogP contribution in [0.3, 0.4) is 0 Å². The summed E-state index contributed by atoms with van der Waals surface area (Å²) < 4.78 is 25.5. The van der Waals surface area contributed by atoms with Crippen LogP contribution in [0.1, 0.15) is 15.9 Å². The molecule has 30 heavy (non-hydrogen) atoms. The van der Waals surface area contributed by atoms with Crippen molar-refractivity contribution in [1.29, 1.82) is 0 Å². The fourth-order valence-electron chi connectivity index (χ4n) is 3.84. The van der Waals surface area contributed by atoms with E-state index in [9.17, 15) is 14.0 Å². The minimum atomic E-state index is -0.627. The lowest BCUT2D eigenvalue weighted by Crippen LogP contribution is -2.52. The molecule has 0 spiro atoms. The molecule has 2 aromatic carbocycles. The first-order chi connectivity index (χ1) is 14.6. The van der Waals surface area contributed by atoms with Gasteiger partial charge in [-0.15, -0.1) is 0 Å². The first-order valence-corrected chi connectivity index (χ1v) is 9.79. The highest BCUT2D eigenvalue weighted by molar-refractivity contribution is 5.96. The van der Waals surface area contributed by atoms with Crippen LogP contribution in [0, 0.1) is 11.7 Å². The molecule has 152 valence electrons. The van der Waals surface area contributed by atoms with E-state index >= 15 is 0 Å². The Labute approximate surface area is 172 Å². The molecule has 1 fully saturated rings. The number of ether oxygens (including phenoxy) is 2. The Bertz CT molecular complexity index is 1160. The number of rotatable bonds is 4. The van der Waals surface area contributed by atoms with Crippen LogP contribution in [0.4, 0.5) is 4.39 Å². The first-order valence-electron chi connectivity index (χ1n) is 9.79. The lowest BCUT2D eigenvalue weighted by molar-refractivity contribution is -0.121. The minimum Gasteiger partial charge on any atom is -0.493 e. The number of fused-ring (bicyclic) bond motifs is 2. The van der Waals surface area contributed by atoms with Gasteiger partial charge >= 0.3 is 0 Å². The van der Waals surface area contributed by atoms with Crippen LogP contribution < -0.4 is 9.47 Å². The molecule has 1 saturated heterocycles. The van der Waals surface area contributed by atoms with Gasteiger partial charge in [0, 0.05) is 54.8 Å². The Kier molecular flexibility index (Phi) is 4.58. The van der Waals surface area contributed by atoms with E-state index in [0.29, 0.717) is 31.0 Å². The van der Waals surface area contributed by atoms with Crippen LogP contribution in [-0.2, 0) is 11.2 Å². The molecule has 2 aliphatic rings. The second-order valence-electron chi connectivity index (χ2n) is 7.72. The van der Waals surface area contributed by atoms with Crippen LogP contribution in [0.25, 0.3) is 10.8 Å². The lowest BCUT2D eigenvalue weighted by Gasteiger charge is -2.39. The Hall–Kier alpha value is -3.48. The first kappa shape index (κ1) is 18.5. The molecule has 2 aliphatic heterocycles. The van der Waals surface area contributed by atoms with E-state index in [0.717, 1.165) is 16.5 Å². The van der Waals surface area contributed by atoms with Crippen molar-refractivity contribution in [3.63, 3.8) is 0 Å². The highest BCUT2D eigenvalue weighted by Gasteiger charge is 2.33. The van der Waals surface area contributed by atoms with Gasteiger partial charge in [0.25, 0.3) is 5.91 Å². The van der Waals surface area contributed by atoms with Crippen LogP contribution in [0.2, 0.25) is 0 Å². The highest BCUT2D eigenvalue weighted by Crippen LogP contribution is 2.29. The molecule has 7 heteroatoms. The zero-order valence-corrected chi connectivity index (χ0v) is 16.1. The van der Waals surface area contributed by atoms with E-state index in [-0.39, 0.29) is 36.2 Å². The molecule has 0 atom stereocenters. The molecule has 0 saturated carbocycles. The molecule has 3 aromatic rings. The van der Waals surface area contributed by atoms with E-state index in [1.54, 1.807) is 17.3 Å². The monoisotopic (exact) mass is 406 g/mol. The number of nitrogens with zero attached hydrogens (tertiary/aromatic N) is 2. The number of likely N-dealkylation sites (tertiary alicyclic amines) is 1. The summed E-state index contributed by atoms with van der Waals surface area (Å²) in [7, 11) is 0. The summed E-state index contributed by atoms with van der Waals surface area (Å²) in [5.41, 5.74) is 0.538. The number of benzene rings is 2. The fourth-order valence-corrected chi connectivity index (χ4v) is 3.84. The number of ketones is 1. The van der Waals surface area contributed by atoms with E-state index in [4.69, 9.17) is 9.47 Å². The number of amides is 1. The Morgan fingerprint density at radius 2 is 2.07 bits per heavy atom. The van der Waals surface area contributed by atoms with Gasteiger partial charge < -0.3 is 14.4 Å². The smallest absolute Gasteiger partial charge is 0.256 e. The second kappa shape index (κ2) is 7.40. The van der Waals surface area contributed by atoms with E-state index in [1.807, 2.05) is 24.3 Å². The quantitative estimate of drug-likeness (QED) is 0.666. The number of Topliss-reactive ketones (excluding diaryl/α,β-unsaturated/α-hetero) is 1. The van der Waals surface area contributed by atoms with Gasteiger partial charge in [-0.05, 0) is 29.7 Å². The summed E-state index contributed by atoms with van der Waals surface area (Å²) in [5.74, 6) is 0.191. The highest BCUT2D eigenvalue weighted by atomic mass is 19.1. The molecular weight excluding hydrogens is 387 g/mol. The standard InChI is InChI=1S/C23H19FN2O4/c24-21-8-22-16(5-18(27)13-30-22)7-20(21)23(28)26-10-14(11-26)12-29-19-2-1-15-3-4-25-9-17(15)6-19/h1-4,6-9,14H,5,10-13H2. The van der Waals surface area contributed by atoms with E-state index < -0.39 is 5.82 Å². The Morgan fingerprint density at radius 3 is 2.93 bits per heavy atom. The number of aromatic nitrogens is 1. The predicted molar refractivity (Wildman–Crippen MR) is 107 cm³/mol. The van der Waals surface area contributed by atoms with Gasteiger partial charge in [0.1, 0.15) is 23.9 Å². The van der Waals surface area contributed by atoms with Crippen molar-refractivity contribution in [2.45, 2.75) is 6.42 Å². The Morgan fingerprint density at radius 1 is 1.20 bits per heavy atom. The van der Waals surface area contributed by atoms with Crippen molar-refractivity contribution >= 4 is 22.5 Å². The maximum atomic E-state index is 14.4. The molecule has 0 aliphatic carbocycles. The third kappa shape index (κ3) is 3.47. The summed E-state index contributed by atoms with van der Waals surface area (Å²) in [4.78, 5) is 30.0. The summed E-state index contributed by atoms with van der Waals surface area (Å²) in [6.07, 6.45) is 3.70. The van der Waals surface area contributed by atoms with Crippen LogP contribution in [0.5, 0.6) is 11.5 Å². The molecule has 0 N–H and O–H groups in total. The van der Waals surface area contributed by atoms with Crippen molar-refractivity contribution in [3.05, 3.63) is 65.7 Å². The maximum Gasteiger partial charge on any atom is 0.256 e. The van der Waals surface area contributed by atoms with E-state index in [1.165, 1.54) is 12.1 Å². The number of halogens is 1. The molecule has 1 amide bonds. The summed E-state index contributed by atoms with van der Waals surface area (Å²) in [6, 6.07) is 10.4. The molecule has 1 aromatic heterocycles. The molecule has 3 heterocycles. The summed E-state index contributed by atoms with van der Waals surface area (Å²) >= 11 is 0. The molecule has 0 bridgehead atoms. The summed E-state index contributed by atoms with van der Waals surface area (Å²) in [5, 5.41) is 2.10. The molecule has 5 rings (SSSR count). The van der Waals surface area contributed by atoms with Gasteiger partial charge in [0.05, 0.1) is 12.2 Å². The third-order valence-corrected chi connectivity index (χ3v) is 5.50. The zero-order valence-electron chi connectivity index (χ0n) is 16.1. The zero-order chi connectivity index (χ0) is 20.7. The van der Waals surface area contributed by atoms with Gasteiger partial charge in [-0.3, -0.25) is 14.6 Å². The van der Waals surface area contributed by atoms with Crippen molar-refractivity contribution in [2.75, 3.05) is 26.3 Å². The van der Waals surface area contributed by atoms with Crippen molar-refractivity contribution in [1.82, 2.24) is 9.88 Å². The topological polar surface area (TPSA) is 68.7 Å². The normalized spacial score (nSPS) is 16.0. The largest absolute Gasteiger partial charge is 0.493 e. The summed E-state index contributed by atoms with van der Waals surface area (Å²) in [6.45, 7) is 1.42. The van der Waals surface area contributed by atoms with Crippen LogP contribution >= 0.6 is 0 Å². The molecule has 0 unspecified atom stereocenters. The van der Waals surface area contributed by atoms with Gasteiger partial charge in [-0.1, -0.05) is 6.07 Å². The second-order valence-corrected chi connectivity index (χ2v) is 7.72. The number of carbonyl (C=O) groups excluding carboxylic acids is 2. The average Bonchev–Trinajstić information content (AvgIpc) is 2.72. The lowest BCUT2D eigenvalue weighted by atomic mass is 9.97. The number of hydrogen-bond donors (Lipinski definition) is 0. The minimum absolute atomic E-state index is 0.0200. The number of pyridine rings is 1. The predicted octanol–water partition coefficient (Wildman–Crippen LogP) is 3.03.